The van der Waals surface area contributed by atoms with Crippen molar-refractivity contribution >= 4 is 38.9 Å². The van der Waals surface area contributed by atoms with Gasteiger partial charge in [-0.3, -0.25) is 4.68 Å². The Bertz CT molecular complexity index is 474. The Hall–Kier alpha value is -0.360. The number of halogens is 2. The number of aromatic nitrogens is 2. The SMILES string of the molecule is Cc1nn(C(CN)c2ccc(Br)s2)cc1Cl. The van der Waals surface area contributed by atoms with E-state index in [4.69, 9.17) is 17.3 Å². The van der Waals surface area contributed by atoms with Gasteiger partial charge in [0.05, 0.1) is 20.5 Å². The van der Waals surface area contributed by atoms with Crippen molar-refractivity contribution in [2.45, 2.75) is 13.0 Å². The third-order valence-corrected chi connectivity index (χ3v) is 4.42. The zero-order chi connectivity index (χ0) is 11.7. The second-order valence-electron chi connectivity index (χ2n) is 3.44. The van der Waals surface area contributed by atoms with Gasteiger partial charge in [-0.1, -0.05) is 11.6 Å². The number of nitrogens with zero attached hydrogens (tertiary/aromatic N) is 2. The number of nitrogens with two attached hydrogens (primary N) is 1. The Kier molecular flexibility index (Phi) is 3.69. The summed E-state index contributed by atoms with van der Waals surface area (Å²) in [4.78, 5) is 1.17. The first-order valence-electron chi connectivity index (χ1n) is 4.78. The minimum absolute atomic E-state index is 0.0579. The Balaban J connectivity index is 2.36. The van der Waals surface area contributed by atoms with Gasteiger partial charge in [0, 0.05) is 17.6 Å². The summed E-state index contributed by atoms with van der Waals surface area (Å²) in [7, 11) is 0. The van der Waals surface area contributed by atoms with Crippen molar-refractivity contribution in [3.63, 3.8) is 0 Å². The van der Waals surface area contributed by atoms with Crippen molar-refractivity contribution < 1.29 is 0 Å². The van der Waals surface area contributed by atoms with Crippen LogP contribution in [0.25, 0.3) is 0 Å². The number of thiophene rings is 1. The zero-order valence-corrected chi connectivity index (χ0v) is 11.8. The van der Waals surface area contributed by atoms with Crippen LogP contribution in [0.15, 0.2) is 22.1 Å². The molecule has 0 bridgehead atoms. The standard InChI is InChI=1S/C10H11BrClN3S/c1-6-7(12)5-15(14-6)8(4-13)9-2-3-10(11)16-9/h2-3,5,8H,4,13H2,1H3. The molecule has 2 rings (SSSR count). The molecule has 2 aromatic rings. The Morgan fingerprint density at radius 3 is 2.81 bits per heavy atom. The number of hydrogen-bond acceptors (Lipinski definition) is 3. The van der Waals surface area contributed by atoms with E-state index in [0.717, 1.165) is 9.48 Å². The fourth-order valence-corrected chi connectivity index (χ4v) is 3.15. The maximum absolute atomic E-state index is 5.99. The Morgan fingerprint density at radius 1 is 1.62 bits per heavy atom. The lowest BCUT2D eigenvalue weighted by Crippen LogP contribution is -2.20. The molecule has 86 valence electrons. The molecule has 1 unspecified atom stereocenters. The topological polar surface area (TPSA) is 43.8 Å². The highest BCUT2D eigenvalue weighted by molar-refractivity contribution is 9.11. The maximum atomic E-state index is 5.99. The van der Waals surface area contributed by atoms with E-state index in [1.165, 1.54) is 4.88 Å². The van der Waals surface area contributed by atoms with Crippen LogP contribution in [0.1, 0.15) is 16.6 Å². The van der Waals surface area contributed by atoms with Crippen LogP contribution in [0, 0.1) is 6.92 Å². The van der Waals surface area contributed by atoms with Crippen molar-refractivity contribution in [1.82, 2.24) is 9.78 Å². The first-order valence-corrected chi connectivity index (χ1v) is 6.77. The molecule has 0 radical (unpaired) electrons. The van der Waals surface area contributed by atoms with Gasteiger partial charge in [-0.25, -0.2) is 0 Å². The molecule has 0 aromatic carbocycles. The predicted molar refractivity (Wildman–Crippen MR) is 71.2 cm³/mol. The second kappa shape index (κ2) is 4.87. The molecule has 1 atom stereocenters. The quantitative estimate of drug-likeness (QED) is 0.943. The summed E-state index contributed by atoms with van der Waals surface area (Å²) < 4.78 is 2.92. The van der Waals surface area contributed by atoms with E-state index in [1.807, 2.05) is 23.9 Å². The van der Waals surface area contributed by atoms with Gasteiger partial charge in [-0.2, -0.15) is 5.10 Å². The fraction of sp³-hybridized carbons (Fsp3) is 0.300. The van der Waals surface area contributed by atoms with Gasteiger partial charge in [0.25, 0.3) is 0 Å². The summed E-state index contributed by atoms with van der Waals surface area (Å²) in [5, 5.41) is 5.04. The van der Waals surface area contributed by atoms with Crippen molar-refractivity contribution in [3.8, 4) is 0 Å². The van der Waals surface area contributed by atoms with Crippen molar-refractivity contribution in [1.29, 1.82) is 0 Å². The first kappa shape index (κ1) is 12.1. The fourth-order valence-electron chi connectivity index (χ4n) is 1.48. The predicted octanol–water partition coefficient (Wildman–Crippen LogP) is 3.22. The second-order valence-corrected chi connectivity index (χ2v) is 6.34. The van der Waals surface area contributed by atoms with E-state index in [-0.39, 0.29) is 6.04 Å². The van der Waals surface area contributed by atoms with Crippen LogP contribution < -0.4 is 5.73 Å². The first-order chi connectivity index (χ1) is 7.61. The highest BCUT2D eigenvalue weighted by Gasteiger charge is 2.16. The van der Waals surface area contributed by atoms with Crippen LogP contribution in [0.5, 0.6) is 0 Å². The molecule has 0 spiro atoms. The number of rotatable bonds is 3. The third kappa shape index (κ3) is 2.32. The summed E-state index contributed by atoms with van der Waals surface area (Å²) >= 11 is 11.1. The van der Waals surface area contributed by atoms with E-state index in [0.29, 0.717) is 11.6 Å². The smallest absolute Gasteiger partial charge is 0.0983 e. The van der Waals surface area contributed by atoms with E-state index < -0.39 is 0 Å². The van der Waals surface area contributed by atoms with Gasteiger partial charge in [0.1, 0.15) is 0 Å². The average Bonchev–Trinajstić information content (AvgIpc) is 2.77. The zero-order valence-electron chi connectivity index (χ0n) is 8.65. The molecule has 2 N–H and O–H groups in total. The molecule has 0 saturated heterocycles. The highest BCUT2D eigenvalue weighted by Crippen LogP contribution is 2.29. The molecule has 0 fully saturated rings. The molecule has 6 heteroatoms. The summed E-state index contributed by atoms with van der Waals surface area (Å²) in [5.41, 5.74) is 6.62. The Morgan fingerprint density at radius 2 is 2.38 bits per heavy atom. The van der Waals surface area contributed by atoms with Crippen LogP contribution in [0.3, 0.4) is 0 Å². The monoisotopic (exact) mass is 319 g/mol. The van der Waals surface area contributed by atoms with Gasteiger partial charge in [-0.05, 0) is 35.0 Å². The van der Waals surface area contributed by atoms with Crippen LogP contribution in [-0.4, -0.2) is 16.3 Å². The molecule has 3 nitrogen and oxygen atoms in total. The molecule has 0 aliphatic rings. The molecule has 2 heterocycles. The summed E-state index contributed by atoms with van der Waals surface area (Å²) in [6.45, 7) is 2.39. The van der Waals surface area contributed by atoms with E-state index in [9.17, 15) is 0 Å². The highest BCUT2D eigenvalue weighted by atomic mass is 79.9. The molecule has 0 aliphatic heterocycles. The van der Waals surface area contributed by atoms with Crippen molar-refractivity contribution in [2.24, 2.45) is 5.73 Å². The Labute approximate surface area is 111 Å². The lowest BCUT2D eigenvalue weighted by atomic mass is 10.2. The molecule has 0 aliphatic carbocycles. The molecular weight excluding hydrogens is 310 g/mol. The van der Waals surface area contributed by atoms with Crippen LogP contribution in [0.4, 0.5) is 0 Å². The van der Waals surface area contributed by atoms with Gasteiger partial charge in [-0.15, -0.1) is 11.3 Å². The van der Waals surface area contributed by atoms with Gasteiger partial charge >= 0.3 is 0 Å². The normalized spacial score (nSPS) is 13.0. The third-order valence-electron chi connectivity index (χ3n) is 2.32. The minimum atomic E-state index is 0.0579. The van der Waals surface area contributed by atoms with Crippen molar-refractivity contribution in [2.75, 3.05) is 6.54 Å². The molecule has 0 saturated carbocycles. The van der Waals surface area contributed by atoms with Crippen LogP contribution in [0.2, 0.25) is 5.02 Å². The van der Waals surface area contributed by atoms with E-state index >= 15 is 0 Å². The summed E-state index contributed by atoms with van der Waals surface area (Å²) in [6.07, 6.45) is 1.82. The summed E-state index contributed by atoms with van der Waals surface area (Å²) in [6, 6.07) is 4.13. The maximum Gasteiger partial charge on any atom is 0.0983 e. The molecular formula is C10H11BrClN3S. The summed E-state index contributed by atoms with van der Waals surface area (Å²) in [5.74, 6) is 0. The van der Waals surface area contributed by atoms with Crippen LogP contribution in [-0.2, 0) is 0 Å². The van der Waals surface area contributed by atoms with Crippen molar-refractivity contribution in [3.05, 3.63) is 37.7 Å². The lowest BCUT2D eigenvalue weighted by molar-refractivity contribution is 0.536. The van der Waals surface area contributed by atoms with Gasteiger partial charge in [0.15, 0.2) is 0 Å². The van der Waals surface area contributed by atoms with Gasteiger partial charge < -0.3 is 5.73 Å². The number of aryl methyl sites for hydroxylation is 1. The minimum Gasteiger partial charge on any atom is -0.328 e. The average molecular weight is 321 g/mol. The lowest BCUT2D eigenvalue weighted by Gasteiger charge is -2.13. The number of hydrogen-bond donors (Lipinski definition) is 1. The largest absolute Gasteiger partial charge is 0.328 e. The molecule has 2 aromatic heterocycles. The van der Waals surface area contributed by atoms with Crippen LogP contribution >= 0.6 is 38.9 Å². The molecule has 16 heavy (non-hydrogen) atoms. The van der Waals surface area contributed by atoms with E-state index in [2.05, 4.69) is 27.1 Å². The van der Waals surface area contributed by atoms with E-state index in [1.54, 1.807) is 11.3 Å². The van der Waals surface area contributed by atoms with Gasteiger partial charge in [0.2, 0.25) is 0 Å². The molecule has 0 amide bonds.